The molecule has 0 N–H and O–H groups in total. The van der Waals surface area contributed by atoms with Crippen LogP contribution in [0.15, 0.2) is 122 Å². The van der Waals surface area contributed by atoms with E-state index in [-0.39, 0.29) is 25.2 Å². The van der Waals surface area contributed by atoms with Crippen molar-refractivity contribution in [2.45, 2.75) is 45.2 Å². The fraction of sp³-hybridized carbons (Fsp3) is 0.135. The molecule has 0 spiro atoms. The van der Waals surface area contributed by atoms with Gasteiger partial charge in [0.25, 0.3) is 19.4 Å². The van der Waals surface area contributed by atoms with E-state index in [1.807, 2.05) is 66.7 Å². The van der Waals surface area contributed by atoms with Crippen LogP contribution in [-0.2, 0) is 46.5 Å². The maximum atomic E-state index is 12.7. The Morgan fingerprint density at radius 2 is 1.14 bits per heavy atom. The minimum Gasteiger partial charge on any atom is -0.753 e. The molecule has 0 amide bonds. The molecule has 0 saturated heterocycles. The predicted octanol–water partition coefficient (Wildman–Crippen LogP) is 14.1. The topological polar surface area (TPSA) is 180 Å². The second kappa shape index (κ2) is 27.9. The Kier molecular flexibility index (Phi) is 21.2. The van der Waals surface area contributed by atoms with E-state index in [2.05, 4.69) is 56.4 Å². The number of aryl methyl sites for hydroxylation is 1. The van der Waals surface area contributed by atoms with Gasteiger partial charge in [0.1, 0.15) is 5.69 Å². The number of thiocarbonyl (C=S) groups is 1. The van der Waals surface area contributed by atoms with Crippen LogP contribution in [0, 0.1) is 0 Å². The number of nitrogens with zero attached hydrogens (tertiary/aromatic N) is 7. The van der Waals surface area contributed by atoms with Crippen LogP contribution in [0.2, 0.25) is 0 Å². The molecule has 13 nitrogen and oxygen atoms in total. The first-order chi connectivity index (χ1) is 35.5. The number of unbranched alkanes of at least 4 members (excludes halogenated alkanes) is 3. The number of alkyl halides is 3. The Hall–Kier alpha value is -7.03. The molecule has 74 heavy (non-hydrogen) atoms. The first-order valence-corrected chi connectivity index (χ1v) is 25.6. The van der Waals surface area contributed by atoms with Crippen LogP contribution in [0.1, 0.15) is 53.6 Å². The number of hydrogen-bond acceptors (Lipinski definition) is 16. The van der Waals surface area contributed by atoms with Crippen molar-refractivity contribution >= 4 is 94.3 Å². The quantitative estimate of drug-likeness (QED) is 0.0246. The van der Waals surface area contributed by atoms with Gasteiger partial charge in [0.2, 0.25) is 0 Å². The van der Waals surface area contributed by atoms with E-state index in [1.54, 1.807) is 60.3 Å². The maximum Gasteiger partial charge on any atom is 2.00 e. The first kappa shape index (κ1) is 56.3. The van der Waals surface area contributed by atoms with Crippen LogP contribution in [0.4, 0.5) is 13.2 Å². The van der Waals surface area contributed by atoms with E-state index < -0.39 is 11.9 Å². The van der Waals surface area contributed by atoms with E-state index in [4.69, 9.17) is 24.6 Å². The summed E-state index contributed by atoms with van der Waals surface area (Å²) in [6.45, 7) is 3.41. The van der Waals surface area contributed by atoms with Crippen molar-refractivity contribution in [2.75, 3.05) is 0 Å². The van der Waals surface area contributed by atoms with Crippen molar-refractivity contribution in [3.8, 4) is 80.7 Å². The van der Waals surface area contributed by atoms with Crippen molar-refractivity contribution in [3.05, 3.63) is 148 Å². The van der Waals surface area contributed by atoms with Gasteiger partial charge >= 0.3 is 25.7 Å². The SMILES string of the molecule is CCCCCCc1ccc(/C=C/c2ccnc(-c3cc(C(F)(F)F)n[n-]3)c2)s1.O=COc1ccc(-c2ccnc(-c3cc(-c4ccc(OC=O)s4)cc(-c4cc(-c5ccc(OC=O)s5)ccn4)n3)c2)s1.[N-]=C=S.[Ru+2]. The summed E-state index contributed by atoms with van der Waals surface area (Å²) in [6.07, 6.45) is 10.5. The third kappa shape index (κ3) is 15.7. The van der Waals surface area contributed by atoms with Gasteiger partial charge in [-0.2, -0.15) is 18.3 Å². The van der Waals surface area contributed by atoms with Crippen LogP contribution in [-0.4, -0.2) is 49.6 Å². The minimum atomic E-state index is -4.50. The zero-order valence-corrected chi connectivity index (χ0v) is 44.4. The van der Waals surface area contributed by atoms with Crippen LogP contribution < -0.4 is 19.3 Å². The van der Waals surface area contributed by atoms with Crippen molar-refractivity contribution in [3.63, 3.8) is 0 Å². The Labute approximate surface area is 456 Å². The Morgan fingerprint density at radius 1 is 0.622 bits per heavy atom. The zero-order valence-electron chi connectivity index (χ0n) is 38.6. The van der Waals surface area contributed by atoms with E-state index in [0.29, 0.717) is 63.1 Å². The average molecular weight is 1180 g/mol. The normalized spacial score (nSPS) is 10.8. The average Bonchev–Trinajstić information content (AvgIpc) is 4.28. The van der Waals surface area contributed by atoms with Gasteiger partial charge in [0.15, 0.2) is 15.2 Å². The number of isothiocyanates is 1. The molecule has 9 rings (SSSR count). The molecule has 0 saturated carbocycles. The molecule has 0 bridgehead atoms. The van der Waals surface area contributed by atoms with Gasteiger partial charge < -0.3 is 29.8 Å². The molecule has 9 aromatic rings. The van der Waals surface area contributed by atoms with Crippen LogP contribution in [0.5, 0.6) is 15.2 Å². The van der Waals surface area contributed by atoms with Gasteiger partial charge in [-0.15, -0.1) is 11.3 Å². The Morgan fingerprint density at radius 3 is 1.65 bits per heavy atom. The Bertz CT molecular complexity index is 3250. The summed E-state index contributed by atoms with van der Waals surface area (Å²) in [5.41, 5.74) is 5.45. The van der Waals surface area contributed by atoms with Crippen molar-refractivity contribution in [1.29, 1.82) is 0 Å². The monoisotopic (exact) mass is 1180 g/mol. The number of carbonyl (C=O) groups is 3. The fourth-order valence-electron chi connectivity index (χ4n) is 6.91. The van der Waals surface area contributed by atoms with Crippen LogP contribution in [0.3, 0.4) is 0 Å². The number of hydrogen-bond donors (Lipinski definition) is 0. The van der Waals surface area contributed by atoms with Gasteiger partial charge in [-0.3, -0.25) is 29.3 Å². The van der Waals surface area contributed by atoms with Gasteiger partial charge in [-0.05, 0) is 144 Å². The van der Waals surface area contributed by atoms with Gasteiger partial charge in [-0.1, -0.05) is 84.2 Å². The fourth-order valence-corrected chi connectivity index (χ4v) is 10.3. The molecule has 9 aromatic heterocycles. The summed E-state index contributed by atoms with van der Waals surface area (Å²) in [5.74, 6) is 0. The summed E-state index contributed by atoms with van der Waals surface area (Å²) in [6, 6.07) is 31.0. The summed E-state index contributed by atoms with van der Waals surface area (Å²) in [4.78, 5) is 55.8. The molecular weight excluding hydrogens is 1140 g/mol. The number of halogens is 3. The van der Waals surface area contributed by atoms with Crippen LogP contribution in [0.25, 0.3) is 83.0 Å². The number of ether oxygens (including phenoxy) is 3. The van der Waals surface area contributed by atoms with Gasteiger partial charge in [0.05, 0.1) is 22.8 Å². The van der Waals surface area contributed by atoms with E-state index >= 15 is 0 Å². The van der Waals surface area contributed by atoms with Crippen molar-refractivity contribution in [1.82, 2.24) is 30.1 Å². The molecule has 0 aromatic carbocycles. The van der Waals surface area contributed by atoms with Gasteiger partial charge in [0, 0.05) is 48.7 Å². The molecule has 0 aliphatic rings. The summed E-state index contributed by atoms with van der Waals surface area (Å²) in [7, 11) is 0. The summed E-state index contributed by atoms with van der Waals surface area (Å²) >= 11 is 9.49. The molecular formula is C52H38F3N7O6RuS5. The third-order valence-corrected chi connectivity index (χ3v) is 14.4. The molecule has 0 fully saturated rings. The Balaban J connectivity index is 0.000000243. The smallest absolute Gasteiger partial charge is 0.753 e. The van der Waals surface area contributed by atoms with Gasteiger partial charge in [-0.25, -0.2) is 4.98 Å². The number of thiophene rings is 4. The minimum absolute atomic E-state index is 0. The molecule has 0 unspecified atom stereocenters. The molecule has 0 aliphatic heterocycles. The van der Waals surface area contributed by atoms with E-state index in [0.717, 1.165) is 54.2 Å². The number of carbonyl (C=O) groups excluding carboxylic acids is 3. The van der Waals surface area contributed by atoms with Crippen LogP contribution >= 0.6 is 57.6 Å². The molecule has 0 atom stereocenters. The molecule has 376 valence electrons. The number of aromatic nitrogens is 6. The van der Waals surface area contributed by atoms with Crippen molar-refractivity contribution < 1.29 is 61.2 Å². The zero-order chi connectivity index (χ0) is 51.6. The summed E-state index contributed by atoms with van der Waals surface area (Å²) < 4.78 is 53.1. The third-order valence-electron chi connectivity index (χ3n) is 10.2. The first-order valence-electron chi connectivity index (χ1n) is 21.9. The molecule has 9 heterocycles. The molecule has 22 heteroatoms. The molecule has 0 aliphatic carbocycles. The number of pyridine rings is 4. The maximum absolute atomic E-state index is 12.7. The van der Waals surface area contributed by atoms with E-state index in [1.165, 1.54) is 69.7 Å². The largest absolute Gasteiger partial charge is 2.00 e. The number of rotatable bonds is 19. The predicted molar refractivity (Wildman–Crippen MR) is 284 cm³/mol. The van der Waals surface area contributed by atoms with E-state index in [9.17, 15) is 27.6 Å². The second-order valence-corrected chi connectivity index (χ2v) is 19.6. The summed E-state index contributed by atoms with van der Waals surface area (Å²) in [5, 5.41) is 16.7. The second-order valence-electron chi connectivity index (χ2n) is 15.1. The van der Waals surface area contributed by atoms with Crippen molar-refractivity contribution in [2.24, 2.45) is 0 Å². The molecule has 0 radical (unpaired) electrons. The standard InChI is InChI=1S/C30H17N3O6S3.C21H21F3N3S.CNS.Ru/c34-15-37-28-4-1-25(40-28)18-7-9-31-21(11-18)23-13-20(27-3-6-30(42-27)39-17-36)14-24(33-23)22-12-19(8-10-32-22)26-2-5-29(41-26)38-16-35;1-2-3-4-5-6-16-9-10-17(28-16)8-7-15-11-12-25-18(13-15)19-14-20(27-26-19)21(22,23)24;2-1-3;/h1-17H;7-14H,2-6H2,1H3;;/q;2*-1;+2/b;8-7+;;.